The maximum Gasteiger partial charge on any atom is 0.417 e. The molecule has 6 N–H and O–H groups in total. The second-order valence-corrected chi connectivity index (χ2v) is 11.7. The van der Waals surface area contributed by atoms with Crippen LogP contribution in [0, 0.1) is 11.8 Å². The summed E-state index contributed by atoms with van der Waals surface area (Å²) in [5, 5.41) is 5.14. The molecule has 0 aliphatic heterocycles. The highest BCUT2D eigenvalue weighted by atomic mass is 16.6. The Morgan fingerprint density at radius 2 is 1.52 bits per heavy atom. The summed E-state index contributed by atoms with van der Waals surface area (Å²) in [5.74, 6) is -5.87. The van der Waals surface area contributed by atoms with E-state index in [1.807, 2.05) is 0 Å². The van der Waals surface area contributed by atoms with Gasteiger partial charge in [0.2, 0.25) is 29.4 Å². The van der Waals surface area contributed by atoms with Gasteiger partial charge in [-0.15, -0.1) is 0 Å². The second-order valence-electron chi connectivity index (χ2n) is 11.7. The van der Waals surface area contributed by atoms with Crippen molar-refractivity contribution in [3.63, 3.8) is 0 Å². The molecule has 5 atom stereocenters. The summed E-state index contributed by atoms with van der Waals surface area (Å²) in [4.78, 5) is 92.9. The van der Waals surface area contributed by atoms with E-state index in [0.29, 0.717) is 17.5 Å². The van der Waals surface area contributed by atoms with Crippen LogP contribution in [0.4, 0.5) is 4.79 Å². The van der Waals surface area contributed by atoms with E-state index < -0.39 is 90.0 Å². The molecule has 0 aromatic carbocycles. The van der Waals surface area contributed by atoms with Crippen molar-refractivity contribution >= 4 is 47.7 Å². The molecule has 0 bridgehead atoms. The van der Waals surface area contributed by atoms with Gasteiger partial charge in [-0.1, -0.05) is 34.1 Å². The van der Waals surface area contributed by atoms with Crippen LogP contribution in [0.3, 0.4) is 0 Å². The summed E-state index contributed by atoms with van der Waals surface area (Å²) in [6.45, 7) is 11.4. The molecule has 16 nitrogen and oxygen atoms in total. The fourth-order valence-electron chi connectivity index (χ4n) is 3.89. The van der Waals surface area contributed by atoms with Gasteiger partial charge in [-0.2, -0.15) is 4.79 Å². The topological polar surface area (TPSA) is 254 Å². The van der Waals surface area contributed by atoms with E-state index in [2.05, 4.69) is 15.4 Å². The van der Waals surface area contributed by atoms with E-state index in [-0.39, 0.29) is 18.8 Å². The second kappa shape index (κ2) is 18.5. The molecule has 0 aliphatic carbocycles. The lowest BCUT2D eigenvalue weighted by atomic mass is 9.96. The Morgan fingerprint density at radius 1 is 0.955 bits per heavy atom. The zero-order chi connectivity index (χ0) is 34.4. The number of amides is 5. The molecule has 0 fully saturated rings. The minimum atomic E-state index is -1.72. The third-order valence-corrected chi connectivity index (χ3v) is 6.54. The first-order chi connectivity index (χ1) is 20.3. The highest BCUT2D eigenvalue weighted by molar-refractivity contribution is 6.25. The third kappa shape index (κ3) is 13.4. The number of Topliss-reactive ketones (excluding diaryl/α,β-unsaturated/α-hetero) is 1. The SMILES string of the molecule is CC[C@H](C)[C@H](NC(=O)[C@H](CCC(N)=O)N(C(=O)OC(C)(C)C)C(=O)[C@@H](N)CCC(=O)C=[N+]=[N-])C(=O)N[C@H](C(=O)OC)C(C)C. The predicted octanol–water partition coefficient (Wildman–Crippen LogP) is 0.206. The molecule has 0 unspecified atom stereocenters. The number of methoxy groups -OCH3 is 1. The Labute approximate surface area is 257 Å². The number of imide groups is 1. The number of hydrogen-bond acceptors (Lipinski definition) is 10. The van der Waals surface area contributed by atoms with Crippen molar-refractivity contribution in [1.82, 2.24) is 15.5 Å². The molecular weight excluding hydrogens is 578 g/mol. The third-order valence-electron chi connectivity index (χ3n) is 6.54. The molecule has 0 aromatic heterocycles. The minimum Gasteiger partial charge on any atom is -0.467 e. The fraction of sp³-hybridized carbons (Fsp3) is 0.714. The molecule has 0 saturated carbocycles. The number of hydrogen-bond donors (Lipinski definition) is 4. The van der Waals surface area contributed by atoms with Crippen LogP contribution in [0.2, 0.25) is 0 Å². The number of ketones is 1. The molecule has 0 spiro atoms. The Hall–Kier alpha value is -4.17. The first kappa shape index (κ1) is 39.8. The number of nitrogens with two attached hydrogens (primary N) is 2. The van der Waals surface area contributed by atoms with Gasteiger partial charge in [-0.25, -0.2) is 14.5 Å². The molecule has 0 aromatic rings. The van der Waals surface area contributed by atoms with Gasteiger partial charge in [-0.3, -0.25) is 24.0 Å². The molecule has 0 heterocycles. The number of carbonyl (C=O) groups is 7. The highest BCUT2D eigenvalue weighted by Gasteiger charge is 2.41. The largest absolute Gasteiger partial charge is 0.467 e. The zero-order valence-electron chi connectivity index (χ0n) is 26.7. The van der Waals surface area contributed by atoms with Crippen LogP contribution in [0.1, 0.15) is 80.6 Å². The average Bonchev–Trinajstić information content (AvgIpc) is 2.92. The predicted molar refractivity (Wildman–Crippen MR) is 157 cm³/mol. The van der Waals surface area contributed by atoms with Crippen LogP contribution in [0.15, 0.2) is 0 Å². The Bertz CT molecular complexity index is 1110. The van der Waals surface area contributed by atoms with Gasteiger partial charge < -0.3 is 37.1 Å². The summed E-state index contributed by atoms with van der Waals surface area (Å²) in [6, 6.07) is -5.48. The Kier molecular flexibility index (Phi) is 16.7. The van der Waals surface area contributed by atoms with Crippen LogP contribution < -0.4 is 22.1 Å². The summed E-state index contributed by atoms with van der Waals surface area (Å²) in [5.41, 5.74) is 18.7. The van der Waals surface area contributed by atoms with Gasteiger partial charge in [0.05, 0.1) is 13.2 Å². The first-order valence-electron chi connectivity index (χ1n) is 14.3. The molecular formula is C28H47N7O9. The van der Waals surface area contributed by atoms with Crippen molar-refractivity contribution in [2.24, 2.45) is 23.3 Å². The van der Waals surface area contributed by atoms with E-state index in [4.69, 9.17) is 26.5 Å². The summed E-state index contributed by atoms with van der Waals surface area (Å²) >= 11 is 0. The van der Waals surface area contributed by atoms with Crippen molar-refractivity contribution in [1.29, 1.82) is 0 Å². The fourth-order valence-corrected chi connectivity index (χ4v) is 3.89. The van der Waals surface area contributed by atoms with Crippen molar-refractivity contribution in [2.45, 2.75) is 110 Å². The lowest BCUT2D eigenvalue weighted by Crippen LogP contribution is -2.61. The van der Waals surface area contributed by atoms with Gasteiger partial charge >= 0.3 is 18.3 Å². The van der Waals surface area contributed by atoms with Crippen LogP contribution in [-0.4, -0.2) is 94.3 Å². The molecule has 0 saturated heterocycles. The highest BCUT2D eigenvalue weighted by Crippen LogP contribution is 2.19. The number of carbonyl (C=O) groups excluding carboxylic acids is 7. The van der Waals surface area contributed by atoms with E-state index in [9.17, 15) is 33.6 Å². The summed E-state index contributed by atoms with van der Waals surface area (Å²) in [6.07, 6.45) is -1.75. The van der Waals surface area contributed by atoms with Gasteiger partial charge in [0, 0.05) is 12.8 Å². The van der Waals surface area contributed by atoms with Crippen LogP contribution in [0.25, 0.3) is 5.53 Å². The number of esters is 1. The number of nitrogens with zero attached hydrogens (tertiary/aromatic N) is 3. The van der Waals surface area contributed by atoms with E-state index >= 15 is 0 Å². The lowest BCUT2D eigenvalue weighted by molar-refractivity contribution is -0.147. The maximum absolute atomic E-state index is 13.8. The van der Waals surface area contributed by atoms with Gasteiger partial charge in [0.1, 0.15) is 23.7 Å². The van der Waals surface area contributed by atoms with E-state index in [0.717, 1.165) is 0 Å². The number of primary amides is 1. The normalized spacial score (nSPS) is 14.5. The number of rotatable bonds is 17. The minimum absolute atomic E-state index is 0.296. The molecule has 44 heavy (non-hydrogen) atoms. The average molecular weight is 626 g/mol. The Balaban J connectivity index is 6.66. The van der Waals surface area contributed by atoms with Crippen molar-refractivity contribution in [2.75, 3.05) is 7.11 Å². The molecule has 16 heteroatoms. The van der Waals surface area contributed by atoms with Crippen molar-refractivity contribution in [3.05, 3.63) is 5.53 Å². The molecule has 5 amide bonds. The van der Waals surface area contributed by atoms with Gasteiger partial charge in [-0.05, 0) is 45.4 Å². The molecule has 248 valence electrons. The standard InChI is InChI=1S/C28H47N7O9/c1-9-16(4)22(24(39)33-21(15(2)3)26(41)43-8)34-23(38)19(12-13-20(30)37)35(27(42)44-28(5,6)7)25(40)18(29)11-10-17(36)14-32-31/h14-16,18-19,21-22H,9-13,29H2,1-8H3,(H2,30,37)(H,33,39)(H,34,38)/t16-,18-,19-,21-,22-/m0/s1. The van der Waals surface area contributed by atoms with Gasteiger partial charge in [0.25, 0.3) is 0 Å². The van der Waals surface area contributed by atoms with E-state index in [1.54, 1.807) is 27.7 Å². The van der Waals surface area contributed by atoms with E-state index in [1.165, 1.54) is 27.9 Å². The zero-order valence-corrected chi connectivity index (χ0v) is 26.7. The van der Waals surface area contributed by atoms with Crippen molar-refractivity contribution < 1.29 is 47.8 Å². The van der Waals surface area contributed by atoms with Crippen molar-refractivity contribution in [3.8, 4) is 0 Å². The molecule has 0 aliphatic rings. The number of nitrogens with one attached hydrogen (secondary N) is 2. The van der Waals surface area contributed by atoms with Crippen LogP contribution in [0.5, 0.6) is 0 Å². The maximum atomic E-state index is 13.8. The lowest BCUT2D eigenvalue weighted by Gasteiger charge is -2.34. The quantitative estimate of drug-likeness (QED) is 0.0739. The smallest absolute Gasteiger partial charge is 0.417 e. The summed E-state index contributed by atoms with van der Waals surface area (Å²) in [7, 11) is 1.17. The Morgan fingerprint density at radius 3 is 1.98 bits per heavy atom. The first-order valence-corrected chi connectivity index (χ1v) is 14.3. The monoisotopic (exact) mass is 625 g/mol. The van der Waals surface area contributed by atoms with Gasteiger partial charge in [0.15, 0.2) is 0 Å². The molecule has 0 radical (unpaired) electrons. The van der Waals surface area contributed by atoms with Crippen LogP contribution >= 0.6 is 0 Å². The molecule has 0 rings (SSSR count). The van der Waals surface area contributed by atoms with Crippen LogP contribution in [-0.2, 0) is 38.2 Å². The number of ether oxygens (including phenoxy) is 2. The summed E-state index contributed by atoms with van der Waals surface area (Å²) < 4.78 is 10.2.